The monoisotopic (exact) mass is 620 g/mol. The van der Waals surface area contributed by atoms with Crippen molar-refractivity contribution < 1.29 is 28.6 Å². The molecule has 1 fully saturated rings. The molecule has 2 heterocycles. The molecular weight excluding hydrogens is 572 g/mol. The van der Waals surface area contributed by atoms with Gasteiger partial charge in [0.25, 0.3) is 11.8 Å². The third-order valence-electron chi connectivity index (χ3n) is 7.21. The lowest BCUT2D eigenvalue weighted by atomic mass is 10.0. The molecule has 43 heavy (non-hydrogen) atoms. The Labute approximate surface area is 260 Å². The van der Waals surface area contributed by atoms with E-state index in [9.17, 15) is 14.4 Å². The van der Waals surface area contributed by atoms with E-state index >= 15 is 0 Å². The molecule has 0 radical (unpaired) electrons. The fraction of sp³-hybridized carbons (Fsp3) is 0.656. The van der Waals surface area contributed by atoms with Crippen molar-refractivity contribution in [3.8, 4) is 5.75 Å². The number of fused-ring (bicyclic) bond motifs is 1. The van der Waals surface area contributed by atoms with E-state index in [1.54, 1.807) is 18.1 Å². The molecular formula is C32H49ClN4O6. The van der Waals surface area contributed by atoms with Crippen molar-refractivity contribution in [3.63, 3.8) is 0 Å². The highest BCUT2D eigenvalue weighted by Gasteiger charge is 2.37. The zero-order valence-corrected chi connectivity index (χ0v) is 27.8. The number of para-hydroxylation sites is 1. The third-order valence-corrected chi connectivity index (χ3v) is 7.59. The van der Waals surface area contributed by atoms with Crippen LogP contribution in [0.3, 0.4) is 0 Å². The minimum atomic E-state index is -0.607. The van der Waals surface area contributed by atoms with E-state index < -0.39 is 5.60 Å². The molecule has 1 saturated heterocycles. The average Bonchev–Trinajstić information content (AvgIpc) is 3.20. The lowest BCUT2D eigenvalue weighted by molar-refractivity contribution is -0.123. The third kappa shape index (κ3) is 9.01. The predicted octanol–water partition coefficient (Wildman–Crippen LogP) is 5.87. The number of aryl methyl sites for hydroxylation is 1. The number of carbonyl (C=O) groups is 3. The molecule has 0 unspecified atom stereocenters. The molecule has 1 aliphatic heterocycles. The lowest BCUT2D eigenvalue weighted by Crippen LogP contribution is -2.54. The van der Waals surface area contributed by atoms with E-state index in [2.05, 4.69) is 5.32 Å². The Morgan fingerprint density at radius 1 is 1.14 bits per heavy atom. The SMILES string of the molecule is COCCCCn1c(C(=O)N(C(C)C)[C@@H]2CCCN(C(=O)OC(C)(C)C)C2)c(Cl)c2cccc(OCC(=O)NC(C)C)c21. The summed E-state index contributed by atoms with van der Waals surface area (Å²) in [6.07, 6.45) is 2.68. The van der Waals surface area contributed by atoms with Crippen LogP contribution in [-0.2, 0) is 20.8 Å². The Morgan fingerprint density at radius 2 is 1.86 bits per heavy atom. The van der Waals surface area contributed by atoms with Crippen LogP contribution in [0.25, 0.3) is 10.9 Å². The molecule has 240 valence electrons. The van der Waals surface area contributed by atoms with Gasteiger partial charge in [-0.2, -0.15) is 0 Å². The summed E-state index contributed by atoms with van der Waals surface area (Å²) in [5, 5.41) is 3.86. The van der Waals surface area contributed by atoms with Crippen molar-refractivity contribution in [1.82, 2.24) is 19.7 Å². The highest BCUT2D eigenvalue weighted by molar-refractivity contribution is 6.39. The van der Waals surface area contributed by atoms with E-state index in [0.29, 0.717) is 53.6 Å². The number of rotatable bonds is 12. The van der Waals surface area contributed by atoms with Crippen LogP contribution in [0.15, 0.2) is 18.2 Å². The van der Waals surface area contributed by atoms with Crippen molar-refractivity contribution in [2.45, 2.75) is 104 Å². The van der Waals surface area contributed by atoms with Gasteiger partial charge in [-0.05, 0) is 80.2 Å². The number of unbranched alkanes of at least 4 members (excludes halogenated alkanes) is 1. The van der Waals surface area contributed by atoms with Gasteiger partial charge in [0.05, 0.1) is 16.6 Å². The van der Waals surface area contributed by atoms with Crippen LogP contribution >= 0.6 is 11.6 Å². The van der Waals surface area contributed by atoms with Crippen LogP contribution < -0.4 is 10.1 Å². The number of hydrogen-bond donors (Lipinski definition) is 1. The number of amides is 3. The second-order valence-electron chi connectivity index (χ2n) is 12.7. The van der Waals surface area contributed by atoms with Crippen LogP contribution in [0.5, 0.6) is 5.75 Å². The summed E-state index contributed by atoms with van der Waals surface area (Å²) < 4.78 is 18.8. The second-order valence-corrected chi connectivity index (χ2v) is 13.1. The van der Waals surface area contributed by atoms with Crippen LogP contribution in [0, 0.1) is 0 Å². The van der Waals surface area contributed by atoms with Gasteiger partial charge in [-0.15, -0.1) is 0 Å². The summed E-state index contributed by atoms with van der Waals surface area (Å²) in [5.74, 6) is 0.0434. The quantitative estimate of drug-likeness (QED) is 0.298. The smallest absolute Gasteiger partial charge is 0.410 e. The maximum absolute atomic E-state index is 14.5. The first kappa shape index (κ1) is 34.5. The second kappa shape index (κ2) is 15.1. The number of aromatic nitrogens is 1. The molecule has 0 bridgehead atoms. The van der Waals surface area contributed by atoms with Gasteiger partial charge in [0.1, 0.15) is 17.0 Å². The predicted molar refractivity (Wildman–Crippen MR) is 169 cm³/mol. The topological polar surface area (TPSA) is 102 Å². The molecule has 2 aromatic rings. The molecule has 11 heteroatoms. The van der Waals surface area contributed by atoms with Gasteiger partial charge in [0, 0.05) is 50.8 Å². The first-order valence-electron chi connectivity index (χ1n) is 15.3. The zero-order chi connectivity index (χ0) is 31.9. The molecule has 0 aliphatic carbocycles. The number of ether oxygens (including phenoxy) is 3. The minimum Gasteiger partial charge on any atom is -0.482 e. The number of carbonyl (C=O) groups excluding carboxylic acids is 3. The van der Waals surface area contributed by atoms with E-state index in [1.165, 1.54) is 0 Å². The number of methoxy groups -OCH3 is 1. The molecule has 3 rings (SSSR count). The summed E-state index contributed by atoms with van der Waals surface area (Å²) in [6, 6.07) is 5.10. The number of piperidine rings is 1. The van der Waals surface area contributed by atoms with Crippen molar-refractivity contribution in [2.24, 2.45) is 0 Å². The Morgan fingerprint density at radius 3 is 2.49 bits per heavy atom. The molecule has 10 nitrogen and oxygen atoms in total. The normalized spacial score (nSPS) is 15.7. The van der Waals surface area contributed by atoms with Crippen LogP contribution in [0.4, 0.5) is 4.79 Å². The summed E-state index contributed by atoms with van der Waals surface area (Å²) >= 11 is 7.03. The highest BCUT2D eigenvalue weighted by atomic mass is 35.5. The number of nitrogens with one attached hydrogen (secondary N) is 1. The van der Waals surface area contributed by atoms with Gasteiger partial charge in [0.15, 0.2) is 6.61 Å². The standard InChI is InChI=1S/C32H49ClN4O6/c1-21(2)34-26(38)20-42-25-15-11-14-24-27(33)29(36(28(24)25)17-9-10-18-41-8)30(39)37(22(3)4)23-13-12-16-35(19-23)31(40)43-32(5,6)7/h11,14-15,21-23H,9-10,12-13,16-20H2,1-8H3,(H,34,38)/t23-/m1/s1. The molecule has 3 amide bonds. The van der Waals surface area contributed by atoms with Gasteiger partial charge in [-0.3, -0.25) is 9.59 Å². The number of hydrogen-bond acceptors (Lipinski definition) is 6. The molecule has 1 aliphatic rings. The van der Waals surface area contributed by atoms with Crippen molar-refractivity contribution in [3.05, 3.63) is 28.9 Å². The van der Waals surface area contributed by atoms with Gasteiger partial charge < -0.3 is 33.9 Å². The Balaban J connectivity index is 2.02. The number of nitrogens with zero attached hydrogens (tertiary/aromatic N) is 3. The summed E-state index contributed by atoms with van der Waals surface area (Å²) in [7, 11) is 1.66. The van der Waals surface area contributed by atoms with Gasteiger partial charge in [-0.1, -0.05) is 23.7 Å². The van der Waals surface area contributed by atoms with E-state index in [4.69, 9.17) is 25.8 Å². The van der Waals surface area contributed by atoms with Gasteiger partial charge in [0.2, 0.25) is 0 Å². The van der Waals surface area contributed by atoms with E-state index in [-0.39, 0.29) is 42.6 Å². The first-order valence-corrected chi connectivity index (χ1v) is 15.6. The molecule has 1 atom stereocenters. The Hall–Kier alpha value is -2.98. The fourth-order valence-electron chi connectivity index (χ4n) is 5.53. The minimum absolute atomic E-state index is 0.0109. The summed E-state index contributed by atoms with van der Waals surface area (Å²) in [6.45, 7) is 15.2. The van der Waals surface area contributed by atoms with Gasteiger partial charge in [-0.25, -0.2) is 4.79 Å². The number of benzene rings is 1. The summed E-state index contributed by atoms with van der Waals surface area (Å²) in [4.78, 5) is 43.4. The summed E-state index contributed by atoms with van der Waals surface area (Å²) in [5.41, 5.74) is 0.442. The number of halogens is 1. The van der Waals surface area contributed by atoms with Crippen molar-refractivity contribution in [1.29, 1.82) is 0 Å². The average molecular weight is 621 g/mol. The first-order chi connectivity index (χ1) is 20.2. The maximum atomic E-state index is 14.5. The largest absolute Gasteiger partial charge is 0.482 e. The van der Waals surface area contributed by atoms with Crippen LogP contribution in [0.2, 0.25) is 5.02 Å². The van der Waals surface area contributed by atoms with E-state index in [1.807, 2.05) is 70.1 Å². The Bertz CT molecular complexity index is 1270. The van der Waals surface area contributed by atoms with Crippen molar-refractivity contribution in [2.75, 3.05) is 33.4 Å². The molecule has 1 N–H and O–H groups in total. The maximum Gasteiger partial charge on any atom is 0.410 e. The van der Waals surface area contributed by atoms with Gasteiger partial charge >= 0.3 is 6.09 Å². The van der Waals surface area contributed by atoms with E-state index in [0.717, 1.165) is 25.7 Å². The molecule has 1 aromatic carbocycles. The Kier molecular flexibility index (Phi) is 12.2. The van der Waals surface area contributed by atoms with Crippen LogP contribution in [-0.4, -0.2) is 89.4 Å². The molecule has 0 saturated carbocycles. The van der Waals surface area contributed by atoms with Crippen LogP contribution in [0.1, 0.15) is 84.6 Å². The number of likely N-dealkylation sites (tertiary alicyclic amines) is 1. The molecule has 0 spiro atoms. The lowest BCUT2D eigenvalue weighted by Gasteiger charge is -2.41. The fourth-order valence-corrected chi connectivity index (χ4v) is 5.86. The molecule has 1 aromatic heterocycles. The highest BCUT2D eigenvalue weighted by Crippen LogP contribution is 2.38. The zero-order valence-electron chi connectivity index (χ0n) is 27.0. The van der Waals surface area contributed by atoms with Crippen molar-refractivity contribution >= 4 is 40.4 Å².